The molecule has 5 nitrogen and oxygen atoms in total. The van der Waals surface area contributed by atoms with Crippen LogP contribution in [0, 0.1) is 0 Å². The Morgan fingerprint density at radius 3 is 2.42 bits per heavy atom. The van der Waals surface area contributed by atoms with E-state index in [-0.39, 0.29) is 5.91 Å². The van der Waals surface area contributed by atoms with Gasteiger partial charge in [0.15, 0.2) is 0 Å². The molecule has 2 aromatic rings. The number of hydrogen-bond acceptors (Lipinski definition) is 4. The van der Waals surface area contributed by atoms with Gasteiger partial charge in [-0.2, -0.15) is 0 Å². The lowest BCUT2D eigenvalue weighted by Crippen LogP contribution is -2.32. The Balaban J connectivity index is 2.13. The number of rotatable bonds is 10. The van der Waals surface area contributed by atoms with Crippen molar-refractivity contribution in [1.29, 1.82) is 0 Å². The number of nitrogens with zero attached hydrogens (tertiary/aromatic N) is 3. The van der Waals surface area contributed by atoms with E-state index < -0.39 is 0 Å². The average molecular weight is 354 g/mol. The molecular weight excluding hydrogens is 324 g/mol. The molecule has 0 fully saturated rings. The minimum atomic E-state index is -0.0000990. The zero-order valence-corrected chi connectivity index (χ0v) is 15.9. The maximum Gasteiger partial charge on any atom is 0.255 e. The molecule has 5 heteroatoms. The van der Waals surface area contributed by atoms with Crippen LogP contribution >= 0.6 is 0 Å². The van der Waals surface area contributed by atoms with E-state index in [0.29, 0.717) is 25.2 Å². The van der Waals surface area contributed by atoms with Crippen molar-refractivity contribution in [2.75, 3.05) is 31.1 Å². The molecule has 0 unspecified atom stereocenters. The maximum absolute atomic E-state index is 13.0. The Kier molecular flexibility index (Phi) is 8.09. The largest absolute Gasteiger partial charge is 0.357 e. The van der Waals surface area contributed by atoms with E-state index in [4.69, 9.17) is 5.73 Å². The van der Waals surface area contributed by atoms with Crippen molar-refractivity contribution >= 4 is 11.7 Å². The number of pyridine rings is 1. The fraction of sp³-hybridized carbons (Fsp3) is 0.429. The number of aromatic nitrogens is 1. The van der Waals surface area contributed by atoms with Gasteiger partial charge in [0.25, 0.3) is 5.91 Å². The van der Waals surface area contributed by atoms with Crippen LogP contribution in [0.4, 0.5) is 5.82 Å². The summed E-state index contributed by atoms with van der Waals surface area (Å²) < 4.78 is 0. The van der Waals surface area contributed by atoms with Gasteiger partial charge in [0, 0.05) is 32.4 Å². The van der Waals surface area contributed by atoms with Crippen molar-refractivity contribution in [2.45, 2.75) is 33.2 Å². The van der Waals surface area contributed by atoms with Gasteiger partial charge in [0.1, 0.15) is 5.82 Å². The molecule has 0 aliphatic heterocycles. The Labute approximate surface area is 156 Å². The van der Waals surface area contributed by atoms with Crippen LogP contribution in [-0.4, -0.2) is 42.0 Å². The Morgan fingerprint density at radius 2 is 1.85 bits per heavy atom. The van der Waals surface area contributed by atoms with E-state index in [2.05, 4.69) is 23.7 Å². The number of benzene rings is 1. The van der Waals surface area contributed by atoms with Crippen LogP contribution in [0.15, 0.2) is 48.7 Å². The standard InChI is InChI=1S/C21H30N4O/c1-3-14-24(4-2)20-12-11-19(16-23-20)21(26)25(15-8-13-22)17-18-9-6-5-7-10-18/h5-7,9-12,16H,3-4,8,13-15,17,22H2,1-2H3. The second kappa shape index (κ2) is 10.6. The van der Waals surface area contributed by atoms with Crippen LogP contribution in [0.5, 0.6) is 0 Å². The highest BCUT2D eigenvalue weighted by atomic mass is 16.2. The highest BCUT2D eigenvalue weighted by Crippen LogP contribution is 2.15. The molecule has 0 aliphatic rings. The SMILES string of the molecule is CCCN(CC)c1ccc(C(=O)N(CCCN)Cc2ccccc2)cn1. The number of amides is 1. The number of carbonyl (C=O) groups is 1. The second-order valence-electron chi connectivity index (χ2n) is 6.34. The molecule has 0 aliphatic carbocycles. The predicted octanol–water partition coefficient (Wildman–Crippen LogP) is 3.31. The van der Waals surface area contributed by atoms with E-state index in [0.717, 1.165) is 37.3 Å². The normalized spacial score (nSPS) is 10.6. The highest BCUT2D eigenvalue weighted by molar-refractivity contribution is 5.94. The van der Waals surface area contributed by atoms with Crippen molar-refractivity contribution in [2.24, 2.45) is 5.73 Å². The summed E-state index contributed by atoms with van der Waals surface area (Å²) in [6.45, 7) is 7.93. The first-order valence-electron chi connectivity index (χ1n) is 9.43. The van der Waals surface area contributed by atoms with Gasteiger partial charge < -0.3 is 15.5 Å². The van der Waals surface area contributed by atoms with Gasteiger partial charge in [-0.25, -0.2) is 4.98 Å². The second-order valence-corrected chi connectivity index (χ2v) is 6.34. The van der Waals surface area contributed by atoms with Crippen LogP contribution in [0.2, 0.25) is 0 Å². The quantitative estimate of drug-likeness (QED) is 0.711. The van der Waals surface area contributed by atoms with Crippen molar-refractivity contribution < 1.29 is 4.79 Å². The molecule has 1 heterocycles. The lowest BCUT2D eigenvalue weighted by atomic mass is 10.1. The molecule has 26 heavy (non-hydrogen) atoms. The number of carbonyl (C=O) groups excluding carboxylic acids is 1. The summed E-state index contributed by atoms with van der Waals surface area (Å²) in [4.78, 5) is 21.5. The van der Waals surface area contributed by atoms with Crippen LogP contribution in [0.25, 0.3) is 0 Å². The van der Waals surface area contributed by atoms with Crippen LogP contribution < -0.4 is 10.6 Å². The summed E-state index contributed by atoms with van der Waals surface area (Å²) >= 11 is 0. The Hall–Kier alpha value is -2.40. The first-order chi connectivity index (χ1) is 12.7. The molecule has 140 valence electrons. The van der Waals surface area contributed by atoms with Crippen LogP contribution in [-0.2, 0) is 6.54 Å². The van der Waals surface area contributed by atoms with Gasteiger partial charge in [-0.05, 0) is 44.0 Å². The zero-order chi connectivity index (χ0) is 18.8. The number of anilines is 1. The number of nitrogens with two attached hydrogens (primary N) is 1. The van der Waals surface area contributed by atoms with Gasteiger partial charge in [-0.15, -0.1) is 0 Å². The van der Waals surface area contributed by atoms with Gasteiger partial charge >= 0.3 is 0 Å². The number of hydrogen-bond donors (Lipinski definition) is 1. The summed E-state index contributed by atoms with van der Waals surface area (Å²) in [5, 5.41) is 0. The molecule has 0 saturated carbocycles. The molecule has 2 rings (SSSR count). The molecule has 0 radical (unpaired) electrons. The van der Waals surface area contributed by atoms with Gasteiger partial charge in [-0.1, -0.05) is 37.3 Å². The summed E-state index contributed by atoms with van der Waals surface area (Å²) in [5.74, 6) is 0.919. The highest BCUT2D eigenvalue weighted by Gasteiger charge is 2.17. The summed E-state index contributed by atoms with van der Waals surface area (Å²) in [6.07, 6.45) is 3.54. The molecular formula is C21H30N4O. The summed E-state index contributed by atoms with van der Waals surface area (Å²) in [5.41, 5.74) is 7.38. The van der Waals surface area contributed by atoms with Gasteiger partial charge in [0.05, 0.1) is 5.56 Å². The molecule has 0 bridgehead atoms. The van der Waals surface area contributed by atoms with Crippen LogP contribution in [0.1, 0.15) is 42.6 Å². The topological polar surface area (TPSA) is 62.5 Å². The minimum Gasteiger partial charge on any atom is -0.357 e. The average Bonchev–Trinajstić information content (AvgIpc) is 2.69. The van der Waals surface area contributed by atoms with E-state index in [1.807, 2.05) is 47.4 Å². The van der Waals surface area contributed by atoms with Crippen molar-refractivity contribution in [3.8, 4) is 0 Å². The van der Waals surface area contributed by atoms with Gasteiger partial charge in [-0.3, -0.25) is 4.79 Å². The maximum atomic E-state index is 13.0. The molecule has 1 aromatic heterocycles. The zero-order valence-electron chi connectivity index (χ0n) is 15.9. The summed E-state index contributed by atoms with van der Waals surface area (Å²) in [7, 11) is 0. The van der Waals surface area contributed by atoms with Crippen molar-refractivity contribution in [3.05, 3.63) is 59.8 Å². The predicted molar refractivity (Wildman–Crippen MR) is 107 cm³/mol. The molecule has 0 atom stereocenters. The summed E-state index contributed by atoms with van der Waals surface area (Å²) in [6, 6.07) is 13.9. The van der Waals surface area contributed by atoms with E-state index >= 15 is 0 Å². The van der Waals surface area contributed by atoms with Crippen molar-refractivity contribution in [3.63, 3.8) is 0 Å². The van der Waals surface area contributed by atoms with Gasteiger partial charge in [0.2, 0.25) is 0 Å². The minimum absolute atomic E-state index is 0.0000990. The van der Waals surface area contributed by atoms with Crippen molar-refractivity contribution in [1.82, 2.24) is 9.88 Å². The first-order valence-corrected chi connectivity index (χ1v) is 9.43. The van der Waals surface area contributed by atoms with Crippen LogP contribution in [0.3, 0.4) is 0 Å². The molecule has 1 aromatic carbocycles. The third kappa shape index (κ3) is 5.56. The third-order valence-corrected chi connectivity index (χ3v) is 4.33. The lowest BCUT2D eigenvalue weighted by Gasteiger charge is -2.24. The molecule has 0 saturated heterocycles. The Bertz CT molecular complexity index is 657. The lowest BCUT2D eigenvalue weighted by molar-refractivity contribution is 0.0742. The fourth-order valence-electron chi connectivity index (χ4n) is 2.93. The van der Waals surface area contributed by atoms with E-state index in [1.165, 1.54) is 0 Å². The third-order valence-electron chi connectivity index (χ3n) is 4.33. The van der Waals surface area contributed by atoms with E-state index in [1.54, 1.807) is 6.20 Å². The molecule has 0 spiro atoms. The van der Waals surface area contributed by atoms with E-state index in [9.17, 15) is 4.79 Å². The first kappa shape index (κ1) is 19.9. The monoisotopic (exact) mass is 354 g/mol. The Morgan fingerprint density at radius 1 is 1.08 bits per heavy atom. The molecule has 1 amide bonds. The smallest absolute Gasteiger partial charge is 0.255 e. The molecule has 2 N–H and O–H groups in total. The fourth-order valence-corrected chi connectivity index (χ4v) is 2.93.